The van der Waals surface area contributed by atoms with Crippen LogP contribution in [0.2, 0.25) is 0 Å². The Morgan fingerprint density at radius 1 is 1.20 bits per heavy atom. The van der Waals surface area contributed by atoms with Gasteiger partial charge < -0.3 is 10.5 Å². The fraction of sp³-hybridized carbons (Fsp3) is 0.353. The van der Waals surface area contributed by atoms with Crippen LogP contribution in [0.25, 0.3) is 0 Å². The van der Waals surface area contributed by atoms with Gasteiger partial charge in [-0.2, -0.15) is 0 Å². The number of hydrogen-bond acceptors (Lipinski definition) is 3. The molecular weight excluding hydrogens is 248 g/mol. The number of nitrogens with two attached hydrogens (primary N) is 1. The van der Waals surface area contributed by atoms with Gasteiger partial charge in [0.05, 0.1) is 12.3 Å². The quantitative estimate of drug-likeness (QED) is 0.907. The first-order chi connectivity index (χ1) is 9.47. The van der Waals surface area contributed by atoms with Gasteiger partial charge in [0.1, 0.15) is 5.75 Å². The van der Waals surface area contributed by atoms with E-state index in [1.807, 2.05) is 51.2 Å². The third kappa shape index (κ3) is 3.81. The Hall–Kier alpha value is -1.87. The summed E-state index contributed by atoms with van der Waals surface area (Å²) in [6.07, 6.45) is 4.43. The summed E-state index contributed by atoms with van der Waals surface area (Å²) in [5, 5.41) is 0. The van der Waals surface area contributed by atoms with Crippen LogP contribution in [0.5, 0.6) is 5.75 Å². The predicted octanol–water partition coefficient (Wildman–Crippen LogP) is 3.29. The van der Waals surface area contributed by atoms with Crippen molar-refractivity contribution in [3.8, 4) is 5.75 Å². The molecule has 20 heavy (non-hydrogen) atoms. The minimum Gasteiger partial charge on any atom is -0.489 e. The fourth-order valence-corrected chi connectivity index (χ4v) is 2.19. The Morgan fingerprint density at radius 3 is 2.55 bits per heavy atom. The average molecular weight is 270 g/mol. The Morgan fingerprint density at radius 2 is 1.90 bits per heavy atom. The standard InChI is InChI=1S/C17H22N2O/c1-13(2)20-16-9-15(11-19-12-16)17(3,18)10-14-7-5-4-6-8-14/h4-9,11-13H,10,18H2,1-3H3. The SMILES string of the molecule is CC(C)Oc1cncc(C(C)(N)Cc2ccccc2)c1. The molecule has 1 atom stereocenters. The lowest BCUT2D eigenvalue weighted by Crippen LogP contribution is -2.35. The lowest BCUT2D eigenvalue weighted by molar-refractivity contribution is 0.240. The van der Waals surface area contributed by atoms with E-state index >= 15 is 0 Å². The van der Waals surface area contributed by atoms with E-state index in [-0.39, 0.29) is 6.10 Å². The molecule has 0 fully saturated rings. The van der Waals surface area contributed by atoms with Gasteiger partial charge in [0.25, 0.3) is 0 Å². The molecule has 0 saturated heterocycles. The van der Waals surface area contributed by atoms with Crippen LogP contribution in [0.3, 0.4) is 0 Å². The van der Waals surface area contributed by atoms with Crippen molar-refractivity contribution in [2.24, 2.45) is 5.73 Å². The number of hydrogen-bond donors (Lipinski definition) is 1. The lowest BCUT2D eigenvalue weighted by atomic mass is 9.87. The summed E-state index contributed by atoms with van der Waals surface area (Å²) in [7, 11) is 0. The molecule has 0 saturated carbocycles. The first kappa shape index (κ1) is 14.5. The van der Waals surface area contributed by atoms with Crippen molar-refractivity contribution in [3.05, 3.63) is 59.9 Å². The van der Waals surface area contributed by atoms with Crippen molar-refractivity contribution in [1.29, 1.82) is 0 Å². The molecular formula is C17H22N2O. The summed E-state index contributed by atoms with van der Waals surface area (Å²) in [5.74, 6) is 0.766. The summed E-state index contributed by atoms with van der Waals surface area (Å²) in [5.41, 5.74) is 8.21. The maximum absolute atomic E-state index is 6.47. The number of nitrogens with zero attached hydrogens (tertiary/aromatic N) is 1. The zero-order valence-corrected chi connectivity index (χ0v) is 12.3. The molecule has 0 aliphatic carbocycles. The number of ether oxygens (including phenoxy) is 1. The summed E-state index contributed by atoms with van der Waals surface area (Å²) in [4.78, 5) is 4.24. The van der Waals surface area contributed by atoms with Crippen LogP contribution in [0.1, 0.15) is 31.9 Å². The molecule has 1 aromatic heterocycles. The molecule has 0 bridgehead atoms. The van der Waals surface area contributed by atoms with Crippen molar-refractivity contribution in [2.75, 3.05) is 0 Å². The highest BCUT2D eigenvalue weighted by atomic mass is 16.5. The first-order valence-electron chi connectivity index (χ1n) is 6.92. The number of benzene rings is 1. The molecule has 2 N–H and O–H groups in total. The zero-order valence-electron chi connectivity index (χ0n) is 12.3. The highest BCUT2D eigenvalue weighted by Crippen LogP contribution is 2.25. The Kier molecular flexibility index (Phi) is 4.40. The van der Waals surface area contributed by atoms with E-state index < -0.39 is 5.54 Å². The number of rotatable bonds is 5. The van der Waals surface area contributed by atoms with E-state index in [2.05, 4.69) is 17.1 Å². The smallest absolute Gasteiger partial charge is 0.138 e. The molecule has 2 aromatic rings. The summed E-state index contributed by atoms with van der Waals surface area (Å²) >= 11 is 0. The minimum absolute atomic E-state index is 0.130. The minimum atomic E-state index is -0.468. The molecule has 0 amide bonds. The highest BCUT2D eigenvalue weighted by Gasteiger charge is 2.22. The van der Waals surface area contributed by atoms with Gasteiger partial charge in [-0.05, 0) is 44.4 Å². The van der Waals surface area contributed by atoms with Crippen LogP contribution < -0.4 is 10.5 Å². The second-order valence-corrected chi connectivity index (χ2v) is 5.66. The topological polar surface area (TPSA) is 48.1 Å². The zero-order chi connectivity index (χ0) is 14.6. The second-order valence-electron chi connectivity index (χ2n) is 5.66. The number of pyridine rings is 1. The van der Waals surface area contributed by atoms with Crippen LogP contribution in [-0.4, -0.2) is 11.1 Å². The van der Waals surface area contributed by atoms with E-state index in [9.17, 15) is 0 Å². The van der Waals surface area contributed by atoms with Crippen LogP contribution in [-0.2, 0) is 12.0 Å². The summed E-state index contributed by atoms with van der Waals surface area (Å²) < 4.78 is 5.68. The van der Waals surface area contributed by atoms with Gasteiger partial charge in [0.15, 0.2) is 0 Å². The molecule has 0 aliphatic rings. The van der Waals surface area contributed by atoms with Gasteiger partial charge >= 0.3 is 0 Å². The van der Waals surface area contributed by atoms with Crippen molar-refractivity contribution in [1.82, 2.24) is 4.98 Å². The van der Waals surface area contributed by atoms with Crippen LogP contribution in [0.4, 0.5) is 0 Å². The molecule has 1 aromatic carbocycles. The largest absolute Gasteiger partial charge is 0.489 e. The Labute approximate surface area is 120 Å². The number of aromatic nitrogens is 1. The van der Waals surface area contributed by atoms with Gasteiger partial charge in [0, 0.05) is 11.7 Å². The van der Waals surface area contributed by atoms with Gasteiger partial charge in [0.2, 0.25) is 0 Å². The molecule has 106 valence electrons. The molecule has 2 rings (SSSR count). The first-order valence-corrected chi connectivity index (χ1v) is 6.92. The highest BCUT2D eigenvalue weighted by molar-refractivity contribution is 5.31. The molecule has 1 unspecified atom stereocenters. The molecule has 3 heteroatoms. The van der Waals surface area contributed by atoms with Crippen molar-refractivity contribution in [2.45, 2.75) is 38.8 Å². The molecule has 0 radical (unpaired) electrons. The third-order valence-corrected chi connectivity index (χ3v) is 3.16. The van der Waals surface area contributed by atoms with Crippen molar-refractivity contribution < 1.29 is 4.74 Å². The van der Waals surface area contributed by atoms with Gasteiger partial charge in [-0.1, -0.05) is 30.3 Å². The Balaban J connectivity index is 2.20. The third-order valence-electron chi connectivity index (χ3n) is 3.16. The van der Waals surface area contributed by atoms with Crippen LogP contribution >= 0.6 is 0 Å². The molecule has 3 nitrogen and oxygen atoms in total. The maximum Gasteiger partial charge on any atom is 0.138 e. The Bertz CT molecular complexity index is 550. The van der Waals surface area contributed by atoms with Crippen LogP contribution in [0.15, 0.2) is 48.8 Å². The van der Waals surface area contributed by atoms with Crippen LogP contribution in [0, 0.1) is 0 Å². The summed E-state index contributed by atoms with van der Waals surface area (Å²) in [6, 6.07) is 12.2. The van der Waals surface area contributed by atoms with Crippen molar-refractivity contribution >= 4 is 0 Å². The van der Waals surface area contributed by atoms with E-state index in [1.165, 1.54) is 5.56 Å². The molecule has 1 heterocycles. The monoisotopic (exact) mass is 270 g/mol. The lowest BCUT2D eigenvalue weighted by Gasteiger charge is -2.25. The van der Waals surface area contributed by atoms with Gasteiger partial charge in [-0.25, -0.2) is 0 Å². The van der Waals surface area contributed by atoms with Gasteiger partial charge in [-0.15, -0.1) is 0 Å². The normalized spacial score (nSPS) is 14.1. The second kappa shape index (κ2) is 6.06. The van der Waals surface area contributed by atoms with Gasteiger partial charge in [-0.3, -0.25) is 4.98 Å². The summed E-state index contributed by atoms with van der Waals surface area (Å²) in [6.45, 7) is 6.02. The average Bonchev–Trinajstić information content (AvgIpc) is 2.39. The van der Waals surface area contributed by atoms with E-state index in [0.29, 0.717) is 0 Å². The van der Waals surface area contributed by atoms with E-state index in [0.717, 1.165) is 17.7 Å². The molecule has 0 spiro atoms. The molecule has 0 aliphatic heterocycles. The predicted molar refractivity (Wildman–Crippen MR) is 81.7 cm³/mol. The maximum atomic E-state index is 6.47. The van der Waals surface area contributed by atoms with E-state index in [4.69, 9.17) is 10.5 Å². The van der Waals surface area contributed by atoms with Crippen molar-refractivity contribution in [3.63, 3.8) is 0 Å². The van der Waals surface area contributed by atoms with E-state index in [1.54, 1.807) is 6.20 Å². The fourth-order valence-electron chi connectivity index (χ4n) is 2.19.